The highest BCUT2D eigenvalue weighted by atomic mass is 16.4. The van der Waals surface area contributed by atoms with Crippen LogP contribution in [-0.2, 0) is 13.1 Å². The molecule has 0 aliphatic rings. The van der Waals surface area contributed by atoms with Crippen LogP contribution in [0.3, 0.4) is 0 Å². The zero-order chi connectivity index (χ0) is 14.4. The van der Waals surface area contributed by atoms with E-state index in [1.165, 1.54) is 0 Å². The summed E-state index contributed by atoms with van der Waals surface area (Å²) in [5.74, 6) is 0.131. The fourth-order valence-electron chi connectivity index (χ4n) is 2.08. The minimum atomic E-state index is 0.131. The predicted octanol–water partition coefficient (Wildman–Crippen LogP) is 1.81. The molecule has 0 fully saturated rings. The van der Waals surface area contributed by atoms with Gasteiger partial charge >= 0.3 is 0 Å². The van der Waals surface area contributed by atoms with E-state index in [0.717, 1.165) is 23.4 Å². The van der Waals surface area contributed by atoms with Crippen LogP contribution in [0.2, 0.25) is 0 Å². The Kier molecular flexibility index (Phi) is 4.68. The van der Waals surface area contributed by atoms with Crippen LogP contribution in [0.5, 0.6) is 0 Å². The molecule has 0 aliphatic carbocycles. The molecule has 0 spiro atoms. The Bertz CT molecular complexity index is 583. The standard InChI is InChI=1S/C15H18N4O/c1-19(11-13-7-4-5-9-17-13)10-12-6-2-3-8-14(12)15(16)18-20/h2-9,20H,10-11H2,1H3,(H2,16,18). The van der Waals surface area contributed by atoms with Gasteiger partial charge in [0, 0.05) is 24.8 Å². The van der Waals surface area contributed by atoms with Crippen molar-refractivity contribution in [3.8, 4) is 0 Å². The smallest absolute Gasteiger partial charge is 0.170 e. The molecule has 5 nitrogen and oxygen atoms in total. The van der Waals surface area contributed by atoms with Gasteiger partial charge in [0.25, 0.3) is 0 Å². The molecule has 20 heavy (non-hydrogen) atoms. The summed E-state index contributed by atoms with van der Waals surface area (Å²) in [5.41, 5.74) is 8.47. The number of rotatable bonds is 5. The van der Waals surface area contributed by atoms with Gasteiger partial charge in [0.15, 0.2) is 5.84 Å². The molecule has 0 bridgehead atoms. The first-order chi connectivity index (χ1) is 9.70. The van der Waals surface area contributed by atoms with E-state index in [-0.39, 0.29) is 5.84 Å². The molecule has 1 heterocycles. The average molecular weight is 270 g/mol. The van der Waals surface area contributed by atoms with Gasteiger partial charge in [-0.2, -0.15) is 0 Å². The molecule has 0 unspecified atom stereocenters. The van der Waals surface area contributed by atoms with Gasteiger partial charge in [-0.3, -0.25) is 9.88 Å². The lowest BCUT2D eigenvalue weighted by Crippen LogP contribution is -2.22. The summed E-state index contributed by atoms with van der Waals surface area (Å²) >= 11 is 0. The molecule has 0 saturated heterocycles. The number of nitrogens with two attached hydrogens (primary N) is 1. The quantitative estimate of drug-likeness (QED) is 0.376. The van der Waals surface area contributed by atoms with Crippen LogP contribution in [0.4, 0.5) is 0 Å². The third-order valence-corrected chi connectivity index (χ3v) is 3.00. The molecule has 0 amide bonds. The van der Waals surface area contributed by atoms with E-state index in [2.05, 4.69) is 15.0 Å². The highest BCUT2D eigenvalue weighted by Crippen LogP contribution is 2.12. The number of nitrogens with zero attached hydrogens (tertiary/aromatic N) is 3. The maximum atomic E-state index is 8.82. The summed E-state index contributed by atoms with van der Waals surface area (Å²) < 4.78 is 0. The van der Waals surface area contributed by atoms with E-state index in [1.54, 1.807) is 6.20 Å². The summed E-state index contributed by atoms with van der Waals surface area (Å²) in [6.45, 7) is 1.44. The molecular formula is C15H18N4O. The number of oxime groups is 1. The molecule has 0 aliphatic heterocycles. The SMILES string of the molecule is CN(Cc1ccccn1)Cc1ccccc1/C(N)=N/O. The van der Waals surface area contributed by atoms with Gasteiger partial charge in [-0.25, -0.2) is 0 Å². The van der Waals surface area contributed by atoms with Crippen molar-refractivity contribution < 1.29 is 5.21 Å². The maximum Gasteiger partial charge on any atom is 0.170 e. The summed E-state index contributed by atoms with van der Waals surface area (Å²) in [7, 11) is 2.01. The highest BCUT2D eigenvalue weighted by molar-refractivity contribution is 5.98. The number of amidine groups is 1. The summed E-state index contributed by atoms with van der Waals surface area (Å²) in [6, 6.07) is 13.5. The number of benzene rings is 1. The zero-order valence-electron chi connectivity index (χ0n) is 11.4. The van der Waals surface area contributed by atoms with Crippen LogP contribution in [0, 0.1) is 0 Å². The first-order valence-corrected chi connectivity index (χ1v) is 6.35. The van der Waals surface area contributed by atoms with Crippen LogP contribution in [0.15, 0.2) is 53.8 Å². The molecule has 3 N–H and O–H groups in total. The van der Waals surface area contributed by atoms with Gasteiger partial charge in [0.1, 0.15) is 0 Å². The van der Waals surface area contributed by atoms with Crippen molar-refractivity contribution in [2.75, 3.05) is 7.05 Å². The second-order valence-corrected chi connectivity index (χ2v) is 4.64. The summed E-state index contributed by atoms with van der Waals surface area (Å²) in [5, 5.41) is 11.9. The van der Waals surface area contributed by atoms with Gasteiger partial charge in [-0.05, 0) is 24.7 Å². The zero-order valence-corrected chi connectivity index (χ0v) is 11.4. The lowest BCUT2D eigenvalue weighted by molar-refractivity contribution is 0.313. The Morgan fingerprint density at radius 3 is 2.65 bits per heavy atom. The van der Waals surface area contributed by atoms with E-state index in [4.69, 9.17) is 10.9 Å². The van der Waals surface area contributed by atoms with Gasteiger partial charge in [-0.1, -0.05) is 35.5 Å². The van der Waals surface area contributed by atoms with E-state index >= 15 is 0 Å². The molecule has 2 rings (SSSR count). The molecule has 0 atom stereocenters. The summed E-state index contributed by atoms with van der Waals surface area (Å²) in [6.07, 6.45) is 1.79. The molecule has 1 aromatic heterocycles. The van der Waals surface area contributed by atoms with Gasteiger partial charge in [-0.15, -0.1) is 0 Å². The fraction of sp³-hybridized carbons (Fsp3) is 0.200. The molecular weight excluding hydrogens is 252 g/mol. The van der Waals surface area contributed by atoms with Crippen molar-refractivity contribution in [3.05, 3.63) is 65.5 Å². The third kappa shape index (κ3) is 3.55. The minimum absolute atomic E-state index is 0.131. The van der Waals surface area contributed by atoms with Crippen molar-refractivity contribution >= 4 is 5.84 Å². The van der Waals surface area contributed by atoms with Crippen LogP contribution >= 0.6 is 0 Å². The van der Waals surface area contributed by atoms with Gasteiger partial charge in [0.05, 0.1) is 5.69 Å². The number of pyridine rings is 1. The first kappa shape index (κ1) is 14.0. The van der Waals surface area contributed by atoms with Crippen molar-refractivity contribution in [2.45, 2.75) is 13.1 Å². The Morgan fingerprint density at radius 1 is 1.20 bits per heavy atom. The Morgan fingerprint density at radius 2 is 1.95 bits per heavy atom. The number of hydrogen-bond acceptors (Lipinski definition) is 4. The Labute approximate surface area is 118 Å². The van der Waals surface area contributed by atoms with Crippen LogP contribution in [0.1, 0.15) is 16.8 Å². The van der Waals surface area contributed by atoms with Crippen LogP contribution in [0.25, 0.3) is 0 Å². The third-order valence-electron chi connectivity index (χ3n) is 3.00. The second kappa shape index (κ2) is 6.68. The fourth-order valence-corrected chi connectivity index (χ4v) is 2.08. The van der Waals surface area contributed by atoms with E-state index in [0.29, 0.717) is 6.54 Å². The van der Waals surface area contributed by atoms with Crippen LogP contribution in [-0.4, -0.2) is 28.0 Å². The normalized spacial score (nSPS) is 11.8. The van der Waals surface area contributed by atoms with Crippen molar-refractivity contribution in [3.63, 3.8) is 0 Å². The highest BCUT2D eigenvalue weighted by Gasteiger charge is 2.09. The molecule has 5 heteroatoms. The Balaban J connectivity index is 2.10. The first-order valence-electron chi connectivity index (χ1n) is 6.35. The predicted molar refractivity (Wildman–Crippen MR) is 78.4 cm³/mol. The number of aromatic nitrogens is 1. The lowest BCUT2D eigenvalue weighted by Gasteiger charge is -2.18. The minimum Gasteiger partial charge on any atom is -0.409 e. The van der Waals surface area contributed by atoms with E-state index < -0.39 is 0 Å². The van der Waals surface area contributed by atoms with Crippen LogP contribution < -0.4 is 5.73 Å². The molecule has 0 radical (unpaired) electrons. The molecule has 1 aromatic carbocycles. The second-order valence-electron chi connectivity index (χ2n) is 4.64. The van der Waals surface area contributed by atoms with Crippen molar-refractivity contribution in [1.82, 2.24) is 9.88 Å². The molecule has 0 saturated carbocycles. The monoisotopic (exact) mass is 270 g/mol. The van der Waals surface area contributed by atoms with Gasteiger partial charge in [0.2, 0.25) is 0 Å². The van der Waals surface area contributed by atoms with E-state index in [9.17, 15) is 0 Å². The van der Waals surface area contributed by atoms with Gasteiger partial charge < -0.3 is 10.9 Å². The van der Waals surface area contributed by atoms with E-state index in [1.807, 2.05) is 49.5 Å². The largest absolute Gasteiger partial charge is 0.409 e. The Hall–Kier alpha value is -2.40. The summed E-state index contributed by atoms with van der Waals surface area (Å²) in [4.78, 5) is 6.43. The molecule has 2 aromatic rings. The molecule has 104 valence electrons. The topological polar surface area (TPSA) is 74.7 Å². The van der Waals surface area contributed by atoms with Crippen molar-refractivity contribution in [2.24, 2.45) is 10.9 Å². The average Bonchev–Trinajstić information content (AvgIpc) is 2.48. The lowest BCUT2D eigenvalue weighted by atomic mass is 10.1. The number of hydrogen-bond donors (Lipinski definition) is 2. The van der Waals surface area contributed by atoms with Crippen molar-refractivity contribution in [1.29, 1.82) is 0 Å². The maximum absolute atomic E-state index is 8.82.